The molecule has 0 bridgehead atoms. The number of halogens is 1. The number of rotatable bonds is 2. The molecular weight excluding hydrogens is 103 g/mol. The van der Waals surface area contributed by atoms with Crippen molar-refractivity contribution >= 4 is 0 Å². The van der Waals surface area contributed by atoms with E-state index in [0.717, 1.165) is 18.8 Å². The third kappa shape index (κ3) is 1.97. The fraction of sp³-hybridized carbons (Fsp3) is 0.714. The second-order valence-corrected chi connectivity index (χ2v) is 2.25. The summed E-state index contributed by atoms with van der Waals surface area (Å²) in [5, 5.41) is 0. The monoisotopic (exact) mass is 112 g/mol. The first kappa shape index (κ1) is 5.62. The Labute approximate surface area is 49.1 Å². The molecule has 1 aliphatic rings. The van der Waals surface area contributed by atoms with Crippen LogP contribution in [0.25, 0.3) is 0 Å². The van der Waals surface area contributed by atoms with Crippen molar-refractivity contribution in [3.8, 4) is 12.1 Å². The molecule has 1 saturated carbocycles. The Kier molecular flexibility index (Phi) is 1.91. The van der Waals surface area contributed by atoms with Crippen LogP contribution < -0.4 is 0 Å². The molecular formula is C7H9F. The van der Waals surface area contributed by atoms with E-state index in [2.05, 4.69) is 5.92 Å². The Balaban J connectivity index is 1.92. The minimum absolute atomic E-state index is 0.751. The molecule has 0 spiro atoms. The summed E-state index contributed by atoms with van der Waals surface area (Å²) in [6.45, 7) is 0. The van der Waals surface area contributed by atoms with Crippen molar-refractivity contribution in [2.75, 3.05) is 0 Å². The van der Waals surface area contributed by atoms with E-state index in [-0.39, 0.29) is 0 Å². The SMILES string of the molecule is FC#CCCC1CC1. The van der Waals surface area contributed by atoms with Gasteiger partial charge in [0.25, 0.3) is 0 Å². The van der Waals surface area contributed by atoms with Gasteiger partial charge in [0.1, 0.15) is 6.17 Å². The highest BCUT2D eigenvalue weighted by atomic mass is 19.1. The maximum Gasteiger partial charge on any atom is 0.105 e. The fourth-order valence-electron chi connectivity index (χ4n) is 0.730. The minimum atomic E-state index is 0.751. The van der Waals surface area contributed by atoms with E-state index in [1.54, 1.807) is 0 Å². The average molecular weight is 112 g/mol. The first-order valence-electron chi connectivity index (χ1n) is 3.02. The molecule has 0 aromatic carbocycles. The first-order chi connectivity index (χ1) is 3.93. The zero-order valence-corrected chi connectivity index (χ0v) is 4.78. The van der Waals surface area contributed by atoms with Crippen LogP contribution in [-0.4, -0.2) is 0 Å². The highest BCUT2D eigenvalue weighted by Crippen LogP contribution is 2.33. The molecule has 1 fully saturated rings. The van der Waals surface area contributed by atoms with E-state index in [0.29, 0.717) is 0 Å². The van der Waals surface area contributed by atoms with Gasteiger partial charge in [-0.05, 0) is 12.3 Å². The summed E-state index contributed by atoms with van der Waals surface area (Å²) >= 11 is 0. The Morgan fingerprint density at radius 3 is 2.75 bits per heavy atom. The van der Waals surface area contributed by atoms with Crippen molar-refractivity contribution in [1.82, 2.24) is 0 Å². The van der Waals surface area contributed by atoms with Crippen LogP contribution in [0.1, 0.15) is 25.7 Å². The Morgan fingerprint density at radius 1 is 1.50 bits per heavy atom. The van der Waals surface area contributed by atoms with E-state index in [9.17, 15) is 4.39 Å². The molecule has 0 heterocycles. The zero-order valence-electron chi connectivity index (χ0n) is 4.78. The Morgan fingerprint density at radius 2 is 2.25 bits per heavy atom. The number of hydrogen-bond donors (Lipinski definition) is 0. The molecule has 0 unspecified atom stereocenters. The first-order valence-corrected chi connectivity index (χ1v) is 3.02. The summed E-state index contributed by atoms with van der Waals surface area (Å²) in [6.07, 6.45) is 5.94. The fourth-order valence-corrected chi connectivity index (χ4v) is 0.730. The van der Waals surface area contributed by atoms with Crippen LogP contribution in [0.2, 0.25) is 0 Å². The third-order valence-corrected chi connectivity index (χ3v) is 1.44. The molecule has 0 saturated heterocycles. The molecule has 0 amide bonds. The van der Waals surface area contributed by atoms with E-state index in [1.165, 1.54) is 19.0 Å². The van der Waals surface area contributed by atoms with Gasteiger partial charge in [0.05, 0.1) is 0 Å². The molecule has 0 radical (unpaired) electrons. The van der Waals surface area contributed by atoms with Gasteiger partial charge in [0.15, 0.2) is 0 Å². The van der Waals surface area contributed by atoms with Gasteiger partial charge in [-0.1, -0.05) is 18.8 Å². The lowest BCUT2D eigenvalue weighted by atomic mass is 10.2. The topological polar surface area (TPSA) is 0 Å². The maximum absolute atomic E-state index is 11.1. The lowest BCUT2D eigenvalue weighted by Gasteiger charge is -1.83. The molecule has 0 atom stereocenters. The summed E-state index contributed by atoms with van der Waals surface area (Å²) in [7, 11) is 0. The largest absolute Gasteiger partial charge is 0.144 e. The van der Waals surface area contributed by atoms with Gasteiger partial charge < -0.3 is 0 Å². The second kappa shape index (κ2) is 2.71. The minimum Gasteiger partial charge on any atom is -0.144 e. The predicted molar refractivity (Wildman–Crippen MR) is 30.8 cm³/mol. The molecule has 8 heavy (non-hydrogen) atoms. The van der Waals surface area contributed by atoms with Crippen molar-refractivity contribution in [3.63, 3.8) is 0 Å². The van der Waals surface area contributed by atoms with Crippen molar-refractivity contribution < 1.29 is 4.39 Å². The van der Waals surface area contributed by atoms with Crippen LogP contribution in [-0.2, 0) is 0 Å². The molecule has 0 aromatic heterocycles. The van der Waals surface area contributed by atoms with Crippen molar-refractivity contribution in [2.24, 2.45) is 5.92 Å². The van der Waals surface area contributed by atoms with Crippen LogP contribution in [0, 0.1) is 18.0 Å². The van der Waals surface area contributed by atoms with Gasteiger partial charge in [-0.2, -0.15) is 0 Å². The van der Waals surface area contributed by atoms with Crippen molar-refractivity contribution in [3.05, 3.63) is 0 Å². The second-order valence-electron chi connectivity index (χ2n) is 2.25. The van der Waals surface area contributed by atoms with Crippen LogP contribution in [0.15, 0.2) is 0 Å². The molecule has 0 N–H and O–H groups in total. The molecule has 1 heteroatoms. The Bertz CT molecular complexity index is 114. The maximum atomic E-state index is 11.1. The van der Waals surface area contributed by atoms with E-state index in [4.69, 9.17) is 0 Å². The van der Waals surface area contributed by atoms with Crippen LogP contribution in [0.3, 0.4) is 0 Å². The van der Waals surface area contributed by atoms with Gasteiger partial charge in [-0.25, -0.2) is 0 Å². The quantitative estimate of drug-likeness (QED) is 0.480. The highest BCUT2D eigenvalue weighted by molar-refractivity contribution is 4.91. The third-order valence-electron chi connectivity index (χ3n) is 1.44. The lowest BCUT2D eigenvalue weighted by Crippen LogP contribution is -1.71. The van der Waals surface area contributed by atoms with Gasteiger partial charge in [-0.15, -0.1) is 4.39 Å². The van der Waals surface area contributed by atoms with Gasteiger partial charge in [-0.3, -0.25) is 0 Å². The van der Waals surface area contributed by atoms with E-state index >= 15 is 0 Å². The predicted octanol–water partition coefficient (Wildman–Crippen LogP) is 2.11. The normalized spacial score (nSPS) is 17.1. The highest BCUT2D eigenvalue weighted by Gasteiger charge is 2.19. The summed E-state index contributed by atoms with van der Waals surface area (Å²) in [4.78, 5) is 0. The summed E-state index contributed by atoms with van der Waals surface area (Å²) < 4.78 is 11.1. The standard InChI is InChI=1S/C7H9F/c8-6-2-1-3-7-4-5-7/h7H,1,3-5H2. The zero-order chi connectivity index (χ0) is 5.82. The van der Waals surface area contributed by atoms with Crippen LogP contribution in [0.5, 0.6) is 0 Å². The average Bonchev–Trinajstić information content (AvgIpc) is 2.51. The summed E-state index contributed by atoms with van der Waals surface area (Å²) in [5.41, 5.74) is 0. The molecule has 1 aliphatic carbocycles. The summed E-state index contributed by atoms with van der Waals surface area (Å²) in [6, 6.07) is 0. The van der Waals surface area contributed by atoms with Gasteiger partial charge >= 0.3 is 0 Å². The van der Waals surface area contributed by atoms with Gasteiger partial charge in [0, 0.05) is 6.42 Å². The Hall–Kier alpha value is -0.510. The molecule has 0 aromatic rings. The molecule has 0 aliphatic heterocycles. The van der Waals surface area contributed by atoms with E-state index in [1.807, 2.05) is 0 Å². The molecule has 1 rings (SSSR count). The van der Waals surface area contributed by atoms with E-state index < -0.39 is 0 Å². The number of hydrogen-bond acceptors (Lipinski definition) is 0. The lowest BCUT2D eigenvalue weighted by molar-refractivity contribution is 0.737. The van der Waals surface area contributed by atoms with Crippen molar-refractivity contribution in [1.29, 1.82) is 0 Å². The van der Waals surface area contributed by atoms with Crippen LogP contribution in [0.4, 0.5) is 4.39 Å². The summed E-state index contributed by atoms with van der Waals surface area (Å²) in [5.74, 6) is 3.29. The van der Waals surface area contributed by atoms with Crippen molar-refractivity contribution in [2.45, 2.75) is 25.7 Å². The molecule has 44 valence electrons. The smallest absolute Gasteiger partial charge is 0.105 e. The van der Waals surface area contributed by atoms with Crippen LogP contribution >= 0.6 is 0 Å². The van der Waals surface area contributed by atoms with Gasteiger partial charge in [0.2, 0.25) is 0 Å². The molecule has 0 nitrogen and oxygen atoms in total.